The third-order valence-electron chi connectivity index (χ3n) is 2.46. The van der Waals surface area contributed by atoms with E-state index in [1.54, 1.807) is 30.3 Å². The molecule has 1 heterocycles. The quantitative estimate of drug-likeness (QED) is 0.883. The lowest BCUT2D eigenvalue weighted by atomic mass is 10.2. The lowest BCUT2D eigenvalue weighted by molar-refractivity contribution is 0.0594. The van der Waals surface area contributed by atoms with Crippen LogP contribution < -0.4 is 5.32 Å². The van der Waals surface area contributed by atoms with E-state index >= 15 is 0 Å². The number of rotatable bonds is 3. The summed E-state index contributed by atoms with van der Waals surface area (Å²) >= 11 is 5.83. The fourth-order valence-electron chi connectivity index (χ4n) is 1.54. The molecule has 2 aromatic rings. The monoisotopic (exact) mass is 290 g/mol. The maximum absolute atomic E-state index is 12.0. The van der Waals surface area contributed by atoms with Gasteiger partial charge in [-0.15, -0.1) is 0 Å². The lowest BCUT2D eigenvalue weighted by Crippen LogP contribution is -2.15. The summed E-state index contributed by atoms with van der Waals surface area (Å²) in [5.41, 5.74) is 0.742. The molecule has 20 heavy (non-hydrogen) atoms. The molecule has 0 bridgehead atoms. The van der Waals surface area contributed by atoms with Crippen molar-refractivity contribution in [3.05, 3.63) is 58.9 Å². The van der Waals surface area contributed by atoms with Gasteiger partial charge >= 0.3 is 5.97 Å². The molecular weight excluding hydrogens is 280 g/mol. The van der Waals surface area contributed by atoms with Crippen LogP contribution in [0, 0.1) is 0 Å². The zero-order valence-corrected chi connectivity index (χ0v) is 11.3. The van der Waals surface area contributed by atoms with Gasteiger partial charge in [0.1, 0.15) is 11.4 Å². The largest absolute Gasteiger partial charge is 0.464 e. The minimum Gasteiger partial charge on any atom is -0.464 e. The van der Waals surface area contributed by atoms with Crippen molar-refractivity contribution in [2.45, 2.75) is 0 Å². The second-order valence-electron chi connectivity index (χ2n) is 3.86. The molecule has 0 fully saturated rings. The first kappa shape index (κ1) is 14.0. The summed E-state index contributed by atoms with van der Waals surface area (Å²) in [6, 6.07) is 11.3. The van der Waals surface area contributed by atoms with E-state index < -0.39 is 11.9 Å². The van der Waals surface area contributed by atoms with E-state index in [-0.39, 0.29) is 11.4 Å². The maximum Gasteiger partial charge on any atom is 0.356 e. The van der Waals surface area contributed by atoms with Crippen LogP contribution >= 0.6 is 11.6 Å². The number of amides is 1. The first-order valence-corrected chi connectivity index (χ1v) is 6.10. The van der Waals surface area contributed by atoms with Crippen molar-refractivity contribution in [3.8, 4) is 0 Å². The molecule has 6 heteroatoms. The standard InChI is InChI=1S/C14H11ClN2O3/c1-20-14(19)12-7-3-6-11(17-12)13(18)16-10-5-2-4-9(15)8-10/h2-8H,1H3,(H,16,18). The fourth-order valence-corrected chi connectivity index (χ4v) is 1.73. The Kier molecular flexibility index (Phi) is 4.32. The third-order valence-corrected chi connectivity index (χ3v) is 2.69. The number of benzene rings is 1. The lowest BCUT2D eigenvalue weighted by Gasteiger charge is -2.06. The van der Waals surface area contributed by atoms with Crippen LogP contribution in [0.15, 0.2) is 42.5 Å². The summed E-state index contributed by atoms with van der Waals surface area (Å²) in [5.74, 6) is -1.03. The van der Waals surface area contributed by atoms with Crippen LogP contribution in [0.1, 0.15) is 21.0 Å². The zero-order chi connectivity index (χ0) is 14.5. The number of aromatic nitrogens is 1. The van der Waals surface area contributed by atoms with Crippen molar-refractivity contribution >= 4 is 29.2 Å². The maximum atomic E-state index is 12.0. The fraction of sp³-hybridized carbons (Fsp3) is 0.0714. The molecule has 0 atom stereocenters. The minimum absolute atomic E-state index is 0.0752. The predicted molar refractivity (Wildman–Crippen MR) is 75.0 cm³/mol. The van der Waals surface area contributed by atoms with E-state index in [4.69, 9.17) is 11.6 Å². The molecule has 1 N–H and O–H groups in total. The number of ether oxygens (including phenoxy) is 1. The molecule has 0 saturated carbocycles. The van der Waals surface area contributed by atoms with Gasteiger partial charge in [-0.2, -0.15) is 0 Å². The van der Waals surface area contributed by atoms with Gasteiger partial charge in [-0.25, -0.2) is 9.78 Å². The number of esters is 1. The van der Waals surface area contributed by atoms with Crippen LogP contribution in [0.3, 0.4) is 0 Å². The van der Waals surface area contributed by atoms with Crippen LogP contribution in [0.5, 0.6) is 0 Å². The first-order chi connectivity index (χ1) is 9.60. The van der Waals surface area contributed by atoms with Gasteiger partial charge < -0.3 is 10.1 Å². The number of anilines is 1. The number of carbonyl (C=O) groups is 2. The Morgan fingerprint density at radius 3 is 2.55 bits per heavy atom. The zero-order valence-electron chi connectivity index (χ0n) is 10.6. The van der Waals surface area contributed by atoms with Gasteiger partial charge in [0.05, 0.1) is 7.11 Å². The number of hydrogen-bond donors (Lipinski definition) is 1. The molecule has 102 valence electrons. The molecule has 0 saturated heterocycles. The second-order valence-corrected chi connectivity index (χ2v) is 4.30. The predicted octanol–water partition coefficient (Wildman–Crippen LogP) is 2.77. The van der Waals surface area contributed by atoms with E-state index in [2.05, 4.69) is 15.0 Å². The van der Waals surface area contributed by atoms with E-state index in [0.29, 0.717) is 10.7 Å². The number of methoxy groups -OCH3 is 1. The van der Waals surface area contributed by atoms with Gasteiger partial charge in [0, 0.05) is 10.7 Å². The van der Waals surface area contributed by atoms with Gasteiger partial charge in [-0.05, 0) is 30.3 Å². The normalized spacial score (nSPS) is 9.90. The van der Waals surface area contributed by atoms with Crippen LogP contribution in [0.25, 0.3) is 0 Å². The van der Waals surface area contributed by atoms with Crippen molar-refractivity contribution in [1.82, 2.24) is 4.98 Å². The molecule has 0 radical (unpaired) electrons. The third kappa shape index (κ3) is 3.33. The minimum atomic E-state index is -0.595. The summed E-state index contributed by atoms with van der Waals surface area (Å²) in [6.45, 7) is 0. The van der Waals surface area contributed by atoms with E-state index in [9.17, 15) is 9.59 Å². The van der Waals surface area contributed by atoms with E-state index in [1.165, 1.54) is 19.2 Å². The summed E-state index contributed by atoms with van der Waals surface area (Å²) in [5, 5.41) is 3.16. The second kappa shape index (κ2) is 6.16. The highest BCUT2D eigenvalue weighted by atomic mass is 35.5. The molecular formula is C14H11ClN2O3. The Hall–Kier alpha value is -2.40. The molecule has 1 amide bonds. The SMILES string of the molecule is COC(=O)c1cccc(C(=O)Nc2cccc(Cl)c2)n1. The van der Waals surface area contributed by atoms with Crippen molar-refractivity contribution < 1.29 is 14.3 Å². The number of carbonyl (C=O) groups excluding carboxylic acids is 2. The topological polar surface area (TPSA) is 68.3 Å². The Morgan fingerprint density at radius 2 is 1.85 bits per heavy atom. The first-order valence-electron chi connectivity index (χ1n) is 5.72. The van der Waals surface area contributed by atoms with Crippen molar-refractivity contribution in [2.75, 3.05) is 12.4 Å². The highest BCUT2D eigenvalue weighted by Gasteiger charge is 2.12. The van der Waals surface area contributed by atoms with Gasteiger partial charge in [0.15, 0.2) is 0 Å². The molecule has 5 nitrogen and oxygen atoms in total. The summed E-state index contributed by atoms with van der Waals surface area (Å²) < 4.78 is 4.55. The molecule has 1 aromatic carbocycles. The molecule has 0 aliphatic heterocycles. The van der Waals surface area contributed by atoms with Crippen molar-refractivity contribution in [1.29, 1.82) is 0 Å². The Morgan fingerprint density at radius 1 is 1.15 bits per heavy atom. The van der Waals surface area contributed by atoms with Crippen LogP contribution in [0.4, 0.5) is 5.69 Å². The molecule has 1 aromatic heterocycles. The highest BCUT2D eigenvalue weighted by molar-refractivity contribution is 6.30. The van der Waals surface area contributed by atoms with Gasteiger partial charge in [0.25, 0.3) is 5.91 Å². The number of nitrogens with one attached hydrogen (secondary N) is 1. The van der Waals surface area contributed by atoms with Crippen LogP contribution in [0.2, 0.25) is 5.02 Å². The van der Waals surface area contributed by atoms with Gasteiger partial charge in [0.2, 0.25) is 0 Å². The molecule has 0 aliphatic carbocycles. The summed E-state index contributed by atoms with van der Waals surface area (Å²) in [4.78, 5) is 27.3. The number of pyridine rings is 1. The van der Waals surface area contributed by atoms with Crippen LogP contribution in [-0.4, -0.2) is 24.0 Å². The summed E-state index contributed by atoms with van der Waals surface area (Å²) in [7, 11) is 1.25. The Balaban J connectivity index is 2.19. The van der Waals surface area contributed by atoms with Crippen molar-refractivity contribution in [3.63, 3.8) is 0 Å². The average Bonchev–Trinajstić information content (AvgIpc) is 2.46. The van der Waals surface area contributed by atoms with Crippen molar-refractivity contribution in [2.24, 2.45) is 0 Å². The molecule has 2 rings (SSSR count). The molecule has 0 unspecified atom stereocenters. The number of nitrogens with zero attached hydrogens (tertiary/aromatic N) is 1. The number of hydrogen-bond acceptors (Lipinski definition) is 4. The average molecular weight is 291 g/mol. The van der Waals surface area contributed by atoms with Crippen LogP contribution in [-0.2, 0) is 4.74 Å². The highest BCUT2D eigenvalue weighted by Crippen LogP contribution is 2.15. The Labute approximate surface area is 120 Å². The summed E-state index contributed by atoms with van der Waals surface area (Å²) in [6.07, 6.45) is 0. The van der Waals surface area contributed by atoms with Gasteiger partial charge in [-0.3, -0.25) is 4.79 Å². The van der Waals surface area contributed by atoms with E-state index in [1.807, 2.05) is 0 Å². The smallest absolute Gasteiger partial charge is 0.356 e. The molecule has 0 aliphatic rings. The Bertz CT molecular complexity index is 658. The number of halogens is 1. The molecule has 0 spiro atoms. The van der Waals surface area contributed by atoms with E-state index in [0.717, 1.165) is 0 Å². The van der Waals surface area contributed by atoms with Gasteiger partial charge in [-0.1, -0.05) is 23.7 Å².